The highest BCUT2D eigenvalue weighted by molar-refractivity contribution is 5.62. The first-order valence-electron chi connectivity index (χ1n) is 6.59. The van der Waals surface area contributed by atoms with E-state index in [0.717, 1.165) is 17.8 Å². The van der Waals surface area contributed by atoms with Gasteiger partial charge in [0.05, 0.1) is 12.1 Å². The lowest BCUT2D eigenvalue weighted by Crippen LogP contribution is -2.35. The summed E-state index contributed by atoms with van der Waals surface area (Å²) in [4.78, 5) is 0. The number of hydrogen-bond donors (Lipinski definition) is 3. The Bertz CT molecular complexity index is 437. The van der Waals surface area contributed by atoms with Crippen LogP contribution in [0.15, 0.2) is 18.2 Å². The number of benzene rings is 1. The van der Waals surface area contributed by atoms with Crippen molar-refractivity contribution in [1.29, 1.82) is 0 Å². The Labute approximate surface area is 113 Å². The van der Waals surface area contributed by atoms with Crippen LogP contribution in [-0.4, -0.2) is 29.8 Å². The molecule has 0 aliphatic carbocycles. The second kappa shape index (κ2) is 5.77. The van der Waals surface area contributed by atoms with Crippen molar-refractivity contribution in [2.45, 2.75) is 51.9 Å². The van der Waals surface area contributed by atoms with Gasteiger partial charge in [-0.3, -0.25) is 0 Å². The molecule has 1 aromatic rings. The summed E-state index contributed by atoms with van der Waals surface area (Å²) in [5.41, 5.74) is 8.88. The van der Waals surface area contributed by atoms with Crippen LogP contribution in [0.5, 0.6) is 0 Å². The summed E-state index contributed by atoms with van der Waals surface area (Å²) in [5.74, 6) is 0. The Morgan fingerprint density at radius 3 is 2.74 bits per heavy atom. The smallest absolute Gasteiger partial charge is 0.158 e. The maximum Gasteiger partial charge on any atom is 0.158 e. The van der Waals surface area contributed by atoms with Crippen molar-refractivity contribution in [2.75, 3.05) is 11.1 Å². The molecule has 0 amide bonds. The standard InChI is InChI=1S/C14H22N2O3/c1-8(18-10(3)19-9(2)17)14-7-11-6-12(15)4-5-13(11)16-14/h4-6,8-10,14,16-17H,7,15H2,1-3H3. The number of hydrogen-bond acceptors (Lipinski definition) is 5. The lowest BCUT2D eigenvalue weighted by molar-refractivity contribution is -0.228. The van der Waals surface area contributed by atoms with E-state index in [1.807, 2.05) is 25.1 Å². The van der Waals surface area contributed by atoms with E-state index >= 15 is 0 Å². The Morgan fingerprint density at radius 1 is 1.32 bits per heavy atom. The predicted octanol–water partition coefficient (Wildman–Crippen LogP) is 1.71. The SMILES string of the molecule is CC(O)OC(C)OC(C)C1Cc2cc(N)ccc2N1. The minimum absolute atomic E-state index is 0.0256. The van der Waals surface area contributed by atoms with Gasteiger partial charge in [0.1, 0.15) is 0 Å². The second-order valence-corrected chi connectivity index (χ2v) is 5.02. The number of aliphatic hydroxyl groups excluding tert-OH is 1. The first kappa shape index (κ1) is 14.1. The monoisotopic (exact) mass is 266 g/mol. The molecule has 19 heavy (non-hydrogen) atoms. The zero-order valence-electron chi connectivity index (χ0n) is 11.6. The van der Waals surface area contributed by atoms with Crippen LogP contribution in [0.25, 0.3) is 0 Å². The summed E-state index contributed by atoms with van der Waals surface area (Å²) in [6.45, 7) is 5.34. The third-order valence-electron chi connectivity index (χ3n) is 3.27. The van der Waals surface area contributed by atoms with Gasteiger partial charge >= 0.3 is 0 Å². The van der Waals surface area contributed by atoms with Gasteiger partial charge < -0.3 is 25.6 Å². The molecule has 0 saturated heterocycles. The Balaban J connectivity index is 1.91. The minimum Gasteiger partial charge on any atom is -0.399 e. The molecule has 4 unspecified atom stereocenters. The number of fused-ring (bicyclic) bond motifs is 1. The zero-order valence-corrected chi connectivity index (χ0v) is 11.6. The topological polar surface area (TPSA) is 76.7 Å². The molecule has 0 radical (unpaired) electrons. The van der Waals surface area contributed by atoms with Crippen LogP contribution in [0.1, 0.15) is 26.3 Å². The molecule has 0 saturated carbocycles. The van der Waals surface area contributed by atoms with E-state index in [-0.39, 0.29) is 12.1 Å². The number of nitrogens with one attached hydrogen (secondary N) is 1. The Kier molecular flexibility index (Phi) is 4.29. The first-order valence-corrected chi connectivity index (χ1v) is 6.59. The van der Waals surface area contributed by atoms with E-state index in [1.165, 1.54) is 5.56 Å². The van der Waals surface area contributed by atoms with Crippen LogP contribution in [0.2, 0.25) is 0 Å². The van der Waals surface area contributed by atoms with Crippen molar-refractivity contribution in [3.05, 3.63) is 23.8 Å². The molecular formula is C14H22N2O3. The summed E-state index contributed by atoms with van der Waals surface area (Å²) < 4.78 is 10.9. The molecule has 0 aromatic heterocycles. The summed E-state index contributed by atoms with van der Waals surface area (Å²) in [6, 6.07) is 6.06. The molecule has 2 rings (SSSR count). The number of anilines is 2. The zero-order chi connectivity index (χ0) is 14.0. The van der Waals surface area contributed by atoms with Crippen molar-refractivity contribution in [3.63, 3.8) is 0 Å². The molecule has 4 N–H and O–H groups in total. The number of aliphatic hydroxyl groups is 1. The van der Waals surface area contributed by atoms with Crippen molar-refractivity contribution in [3.8, 4) is 0 Å². The summed E-state index contributed by atoms with van der Waals surface area (Å²) in [6.07, 6.45) is -0.410. The molecule has 0 bridgehead atoms. The van der Waals surface area contributed by atoms with Crippen LogP contribution in [0.4, 0.5) is 11.4 Å². The molecule has 106 valence electrons. The molecular weight excluding hydrogens is 244 g/mol. The van der Waals surface area contributed by atoms with Crippen LogP contribution in [-0.2, 0) is 15.9 Å². The van der Waals surface area contributed by atoms with Crippen molar-refractivity contribution < 1.29 is 14.6 Å². The largest absolute Gasteiger partial charge is 0.399 e. The number of rotatable bonds is 5. The lowest BCUT2D eigenvalue weighted by atomic mass is 10.1. The van der Waals surface area contributed by atoms with Crippen LogP contribution >= 0.6 is 0 Å². The first-order chi connectivity index (χ1) is 8.95. The van der Waals surface area contributed by atoms with Gasteiger partial charge in [0.2, 0.25) is 0 Å². The maximum absolute atomic E-state index is 9.14. The van der Waals surface area contributed by atoms with Gasteiger partial charge in [0, 0.05) is 11.4 Å². The fraction of sp³-hybridized carbons (Fsp3) is 0.571. The summed E-state index contributed by atoms with van der Waals surface area (Å²) >= 11 is 0. The summed E-state index contributed by atoms with van der Waals surface area (Å²) in [7, 11) is 0. The minimum atomic E-state index is -0.823. The highest BCUT2D eigenvalue weighted by Crippen LogP contribution is 2.29. The van der Waals surface area contributed by atoms with Crippen molar-refractivity contribution in [2.24, 2.45) is 0 Å². The lowest BCUT2D eigenvalue weighted by Gasteiger charge is -2.25. The highest BCUT2D eigenvalue weighted by atomic mass is 16.7. The molecule has 1 aliphatic heterocycles. The van der Waals surface area contributed by atoms with Gasteiger partial charge in [0.15, 0.2) is 12.6 Å². The average Bonchev–Trinajstić information content (AvgIpc) is 2.70. The molecule has 1 heterocycles. The normalized spacial score (nSPS) is 22.4. The Hall–Kier alpha value is -1.30. The van der Waals surface area contributed by atoms with E-state index in [9.17, 15) is 0 Å². The van der Waals surface area contributed by atoms with Gasteiger partial charge in [-0.2, -0.15) is 0 Å². The second-order valence-electron chi connectivity index (χ2n) is 5.02. The fourth-order valence-corrected chi connectivity index (χ4v) is 2.40. The Morgan fingerprint density at radius 2 is 2.05 bits per heavy atom. The van der Waals surface area contributed by atoms with Crippen LogP contribution in [0.3, 0.4) is 0 Å². The molecule has 5 nitrogen and oxygen atoms in total. The van der Waals surface area contributed by atoms with Crippen LogP contribution < -0.4 is 11.1 Å². The third-order valence-corrected chi connectivity index (χ3v) is 3.27. The number of nitrogens with two attached hydrogens (primary N) is 1. The van der Waals surface area contributed by atoms with Crippen molar-refractivity contribution in [1.82, 2.24) is 0 Å². The summed E-state index contributed by atoms with van der Waals surface area (Å²) in [5, 5.41) is 12.6. The molecule has 0 spiro atoms. The molecule has 1 aromatic carbocycles. The van der Waals surface area contributed by atoms with Crippen molar-refractivity contribution >= 4 is 11.4 Å². The van der Waals surface area contributed by atoms with Gasteiger partial charge in [-0.1, -0.05) is 0 Å². The van der Waals surface area contributed by atoms with E-state index in [0.29, 0.717) is 0 Å². The van der Waals surface area contributed by atoms with Gasteiger partial charge in [-0.15, -0.1) is 0 Å². The quantitative estimate of drug-likeness (QED) is 0.558. The van der Waals surface area contributed by atoms with Gasteiger partial charge in [0.25, 0.3) is 0 Å². The number of ether oxygens (including phenoxy) is 2. The predicted molar refractivity (Wildman–Crippen MR) is 74.7 cm³/mol. The average molecular weight is 266 g/mol. The van der Waals surface area contributed by atoms with E-state index in [1.54, 1.807) is 13.8 Å². The van der Waals surface area contributed by atoms with E-state index in [4.69, 9.17) is 20.3 Å². The fourth-order valence-electron chi connectivity index (χ4n) is 2.40. The molecule has 4 atom stereocenters. The molecule has 1 aliphatic rings. The van der Waals surface area contributed by atoms with Gasteiger partial charge in [-0.25, -0.2) is 0 Å². The molecule has 5 heteroatoms. The van der Waals surface area contributed by atoms with Crippen LogP contribution in [0, 0.1) is 0 Å². The van der Waals surface area contributed by atoms with E-state index in [2.05, 4.69) is 5.32 Å². The van der Waals surface area contributed by atoms with Gasteiger partial charge in [-0.05, 0) is 51.0 Å². The maximum atomic E-state index is 9.14. The van der Waals surface area contributed by atoms with E-state index < -0.39 is 12.6 Å². The third kappa shape index (κ3) is 3.59. The molecule has 0 fully saturated rings. The number of nitrogen functional groups attached to an aromatic ring is 1. The highest BCUT2D eigenvalue weighted by Gasteiger charge is 2.27.